The molecule has 0 atom stereocenters. The van der Waals surface area contributed by atoms with Crippen molar-refractivity contribution in [3.63, 3.8) is 0 Å². The van der Waals surface area contributed by atoms with Gasteiger partial charge in [0, 0.05) is 30.9 Å². The molecule has 0 aliphatic carbocycles. The number of nitrogens with one attached hydrogen (secondary N) is 1. The van der Waals surface area contributed by atoms with Crippen molar-refractivity contribution in [3.05, 3.63) is 65.2 Å². The van der Waals surface area contributed by atoms with E-state index in [0.29, 0.717) is 11.1 Å². The van der Waals surface area contributed by atoms with Crippen LogP contribution < -0.4 is 10.2 Å². The second kappa shape index (κ2) is 7.68. The number of amides is 1. The lowest BCUT2D eigenvalue weighted by Crippen LogP contribution is -2.23. The molecule has 0 aliphatic rings. The fourth-order valence-corrected chi connectivity index (χ4v) is 1.95. The number of hydrogen-bond acceptors (Lipinski definition) is 3. The molecule has 0 saturated carbocycles. The maximum atomic E-state index is 11.9. The molecule has 0 radical (unpaired) electrons. The fourth-order valence-electron chi connectivity index (χ4n) is 1.95. The number of nitriles is 1. The van der Waals surface area contributed by atoms with Crippen molar-refractivity contribution in [3.8, 4) is 17.9 Å². The molecule has 0 unspecified atom stereocenters. The van der Waals surface area contributed by atoms with Crippen LogP contribution in [0.25, 0.3) is 0 Å². The number of nitrogens with zero attached hydrogens (tertiary/aromatic N) is 2. The number of rotatable bonds is 3. The standard InChI is InChI=1S/C19H17N3O/c1-22(2)18-10-8-15(9-11-18)6-4-12-21-19(23)17-7-3-5-16(13-17)14-20/h3,5,7-11,13H,12H2,1-2H3,(H,21,23). The third-order valence-corrected chi connectivity index (χ3v) is 3.21. The van der Waals surface area contributed by atoms with Crippen LogP contribution in [-0.2, 0) is 0 Å². The zero-order valence-electron chi connectivity index (χ0n) is 13.1. The van der Waals surface area contributed by atoms with Gasteiger partial charge >= 0.3 is 0 Å². The molecule has 4 heteroatoms. The van der Waals surface area contributed by atoms with Gasteiger partial charge in [0.05, 0.1) is 18.2 Å². The van der Waals surface area contributed by atoms with Gasteiger partial charge in [0.2, 0.25) is 0 Å². The average molecular weight is 303 g/mol. The maximum Gasteiger partial charge on any atom is 0.252 e. The minimum Gasteiger partial charge on any atom is -0.378 e. The molecule has 4 nitrogen and oxygen atoms in total. The third-order valence-electron chi connectivity index (χ3n) is 3.21. The first-order chi connectivity index (χ1) is 11.1. The minimum absolute atomic E-state index is 0.237. The van der Waals surface area contributed by atoms with Gasteiger partial charge in [-0.05, 0) is 42.5 Å². The lowest BCUT2D eigenvalue weighted by molar-refractivity contribution is 0.0958. The summed E-state index contributed by atoms with van der Waals surface area (Å²) in [6, 6.07) is 16.5. The monoisotopic (exact) mass is 303 g/mol. The maximum absolute atomic E-state index is 11.9. The van der Waals surface area contributed by atoms with Gasteiger partial charge in [0.25, 0.3) is 5.91 Å². The van der Waals surface area contributed by atoms with E-state index >= 15 is 0 Å². The Hall–Kier alpha value is -3.24. The van der Waals surface area contributed by atoms with Gasteiger partial charge in [-0.25, -0.2) is 0 Å². The first-order valence-electron chi connectivity index (χ1n) is 7.15. The highest BCUT2D eigenvalue weighted by molar-refractivity contribution is 5.94. The molecule has 1 N–H and O–H groups in total. The smallest absolute Gasteiger partial charge is 0.252 e. The molecule has 0 aliphatic heterocycles. The SMILES string of the molecule is CN(C)c1ccc(C#CCNC(=O)c2cccc(C#N)c2)cc1. The van der Waals surface area contributed by atoms with Gasteiger partial charge in [0.15, 0.2) is 0 Å². The van der Waals surface area contributed by atoms with Crippen LogP contribution in [0.4, 0.5) is 5.69 Å². The van der Waals surface area contributed by atoms with E-state index in [1.54, 1.807) is 24.3 Å². The Morgan fingerprint density at radius 3 is 2.52 bits per heavy atom. The van der Waals surface area contributed by atoms with Crippen LogP contribution >= 0.6 is 0 Å². The molecule has 23 heavy (non-hydrogen) atoms. The van der Waals surface area contributed by atoms with Gasteiger partial charge in [0.1, 0.15) is 0 Å². The van der Waals surface area contributed by atoms with E-state index in [2.05, 4.69) is 17.2 Å². The predicted octanol–water partition coefficient (Wildman–Crippen LogP) is 2.41. The first kappa shape index (κ1) is 16.1. The van der Waals surface area contributed by atoms with Crippen molar-refractivity contribution in [2.75, 3.05) is 25.5 Å². The van der Waals surface area contributed by atoms with Crippen LogP contribution in [0, 0.1) is 23.2 Å². The Balaban J connectivity index is 1.92. The molecule has 0 saturated heterocycles. The molecule has 114 valence electrons. The summed E-state index contributed by atoms with van der Waals surface area (Å²) in [6.07, 6.45) is 0. The average Bonchev–Trinajstić information content (AvgIpc) is 2.59. The van der Waals surface area contributed by atoms with E-state index in [1.807, 2.05) is 49.3 Å². The highest BCUT2D eigenvalue weighted by atomic mass is 16.1. The van der Waals surface area contributed by atoms with Crippen LogP contribution in [0.15, 0.2) is 48.5 Å². The van der Waals surface area contributed by atoms with Crippen molar-refractivity contribution >= 4 is 11.6 Å². The Kier molecular flexibility index (Phi) is 5.39. The van der Waals surface area contributed by atoms with Crippen molar-refractivity contribution in [2.24, 2.45) is 0 Å². The van der Waals surface area contributed by atoms with E-state index in [0.717, 1.165) is 11.3 Å². The molecule has 0 aromatic heterocycles. The molecule has 0 spiro atoms. The lowest BCUT2D eigenvalue weighted by Gasteiger charge is -2.11. The van der Waals surface area contributed by atoms with Crippen molar-refractivity contribution in [1.82, 2.24) is 5.32 Å². The highest BCUT2D eigenvalue weighted by Crippen LogP contribution is 2.11. The zero-order chi connectivity index (χ0) is 16.7. The molecule has 2 aromatic carbocycles. The van der Waals surface area contributed by atoms with Crippen LogP contribution in [0.1, 0.15) is 21.5 Å². The van der Waals surface area contributed by atoms with Gasteiger partial charge in [-0.3, -0.25) is 4.79 Å². The fraction of sp³-hybridized carbons (Fsp3) is 0.158. The molecular weight excluding hydrogens is 286 g/mol. The summed E-state index contributed by atoms with van der Waals surface area (Å²) < 4.78 is 0. The van der Waals surface area contributed by atoms with Crippen LogP contribution in [-0.4, -0.2) is 26.5 Å². The topological polar surface area (TPSA) is 56.1 Å². The lowest BCUT2D eigenvalue weighted by atomic mass is 10.1. The molecule has 0 fully saturated rings. The summed E-state index contributed by atoms with van der Waals surface area (Å²) in [4.78, 5) is 14.0. The number of carbonyl (C=O) groups is 1. The summed E-state index contributed by atoms with van der Waals surface area (Å²) in [7, 11) is 3.97. The molecule has 2 rings (SSSR count). The molecule has 0 heterocycles. The number of hydrogen-bond donors (Lipinski definition) is 1. The third kappa shape index (κ3) is 4.62. The van der Waals surface area contributed by atoms with Crippen molar-refractivity contribution in [2.45, 2.75) is 0 Å². The molecule has 1 amide bonds. The zero-order valence-corrected chi connectivity index (χ0v) is 13.1. The second-order valence-corrected chi connectivity index (χ2v) is 5.12. The molecule has 0 bridgehead atoms. The van der Waals surface area contributed by atoms with Crippen molar-refractivity contribution < 1.29 is 4.79 Å². The second-order valence-electron chi connectivity index (χ2n) is 5.12. The number of benzene rings is 2. The van der Waals surface area contributed by atoms with Crippen LogP contribution in [0.2, 0.25) is 0 Å². The number of anilines is 1. The Morgan fingerprint density at radius 1 is 1.13 bits per heavy atom. The minimum atomic E-state index is -0.237. The van der Waals surface area contributed by atoms with E-state index in [1.165, 1.54) is 0 Å². The van der Waals surface area contributed by atoms with Gasteiger partial charge in [-0.1, -0.05) is 17.9 Å². The summed E-state index contributed by atoms with van der Waals surface area (Å²) in [5.41, 5.74) is 2.93. The van der Waals surface area contributed by atoms with Crippen LogP contribution in [0.5, 0.6) is 0 Å². The van der Waals surface area contributed by atoms with E-state index in [4.69, 9.17) is 5.26 Å². The molecule has 2 aromatic rings. The summed E-state index contributed by atoms with van der Waals surface area (Å²) in [5.74, 6) is 5.69. The summed E-state index contributed by atoms with van der Waals surface area (Å²) in [6.45, 7) is 0.255. The van der Waals surface area contributed by atoms with E-state index in [-0.39, 0.29) is 12.5 Å². The Labute approximate surface area is 136 Å². The highest BCUT2D eigenvalue weighted by Gasteiger charge is 2.04. The first-order valence-corrected chi connectivity index (χ1v) is 7.15. The normalized spacial score (nSPS) is 9.26. The number of carbonyl (C=O) groups excluding carboxylic acids is 1. The predicted molar refractivity (Wildman–Crippen MR) is 91.1 cm³/mol. The van der Waals surface area contributed by atoms with Gasteiger partial charge < -0.3 is 10.2 Å². The largest absolute Gasteiger partial charge is 0.378 e. The molecular formula is C19H17N3O. The van der Waals surface area contributed by atoms with Gasteiger partial charge in [-0.2, -0.15) is 5.26 Å². The van der Waals surface area contributed by atoms with Gasteiger partial charge in [-0.15, -0.1) is 0 Å². The summed E-state index contributed by atoms with van der Waals surface area (Å²) in [5, 5.41) is 11.6. The van der Waals surface area contributed by atoms with E-state index in [9.17, 15) is 4.79 Å². The van der Waals surface area contributed by atoms with E-state index < -0.39 is 0 Å². The van der Waals surface area contributed by atoms with Crippen molar-refractivity contribution in [1.29, 1.82) is 5.26 Å². The Morgan fingerprint density at radius 2 is 1.87 bits per heavy atom. The van der Waals surface area contributed by atoms with Crippen LogP contribution in [0.3, 0.4) is 0 Å². The quantitative estimate of drug-likeness (QED) is 0.886. The Bertz CT molecular complexity index is 790. The summed E-state index contributed by atoms with van der Waals surface area (Å²) >= 11 is 0.